The fourth-order valence-corrected chi connectivity index (χ4v) is 4.63. The van der Waals surface area contributed by atoms with Gasteiger partial charge in [0, 0.05) is 18.5 Å². The van der Waals surface area contributed by atoms with E-state index in [-0.39, 0.29) is 16.1 Å². The SMILES string of the molecule is COc1ccc(C(=O)Nc2nc3ccccc3s2)c(NS(=O)(=O)c2cccnc2)c1. The highest BCUT2D eigenvalue weighted by Crippen LogP contribution is 2.29. The van der Waals surface area contributed by atoms with Crippen molar-refractivity contribution in [1.29, 1.82) is 0 Å². The molecule has 30 heavy (non-hydrogen) atoms. The van der Waals surface area contributed by atoms with Gasteiger partial charge in [-0.1, -0.05) is 23.5 Å². The van der Waals surface area contributed by atoms with Crippen molar-refractivity contribution in [3.8, 4) is 5.75 Å². The Kier molecular flexibility index (Phi) is 5.34. The number of fused-ring (bicyclic) bond motifs is 1. The number of nitrogens with one attached hydrogen (secondary N) is 2. The number of methoxy groups -OCH3 is 1. The molecule has 0 radical (unpaired) electrons. The number of thiazole rings is 1. The van der Waals surface area contributed by atoms with E-state index in [1.54, 1.807) is 6.07 Å². The Labute approximate surface area is 176 Å². The van der Waals surface area contributed by atoms with E-state index in [0.717, 1.165) is 10.2 Å². The first-order valence-corrected chi connectivity index (χ1v) is 11.0. The molecule has 0 aliphatic rings. The Balaban J connectivity index is 1.66. The minimum Gasteiger partial charge on any atom is -0.497 e. The lowest BCUT2D eigenvalue weighted by molar-refractivity contribution is 0.102. The lowest BCUT2D eigenvalue weighted by Crippen LogP contribution is -2.18. The summed E-state index contributed by atoms with van der Waals surface area (Å²) in [6.07, 6.45) is 2.70. The monoisotopic (exact) mass is 440 g/mol. The van der Waals surface area contributed by atoms with Crippen LogP contribution in [0.25, 0.3) is 10.2 Å². The van der Waals surface area contributed by atoms with Crippen LogP contribution in [-0.2, 0) is 10.0 Å². The van der Waals surface area contributed by atoms with Crippen LogP contribution in [0.1, 0.15) is 10.4 Å². The van der Waals surface area contributed by atoms with Crippen molar-refractivity contribution < 1.29 is 17.9 Å². The van der Waals surface area contributed by atoms with Crippen molar-refractivity contribution in [1.82, 2.24) is 9.97 Å². The van der Waals surface area contributed by atoms with Crippen LogP contribution < -0.4 is 14.8 Å². The molecule has 0 saturated carbocycles. The van der Waals surface area contributed by atoms with Gasteiger partial charge in [-0.05, 0) is 36.4 Å². The zero-order valence-electron chi connectivity index (χ0n) is 15.7. The maximum atomic E-state index is 12.9. The Morgan fingerprint density at radius 2 is 1.93 bits per heavy atom. The van der Waals surface area contributed by atoms with Gasteiger partial charge < -0.3 is 4.74 Å². The average molecular weight is 441 g/mol. The number of para-hydroxylation sites is 1. The summed E-state index contributed by atoms with van der Waals surface area (Å²) in [5.74, 6) is -0.101. The molecule has 8 nitrogen and oxygen atoms in total. The lowest BCUT2D eigenvalue weighted by atomic mass is 10.1. The summed E-state index contributed by atoms with van der Waals surface area (Å²) in [5.41, 5.74) is 0.976. The summed E-state index contributed by atoms with van der Waals surface area (Å²) in [4.78, 5) is 21.1. The van der Waals surface area contributed by atoms with Crippen molar-refractivity contribution in [3.05, 3.63) is 72.6 Å². The lowest BCUT2D eigenvalue weighted by Gasteiger charge is -2.13. The second-order valence-electron chi connectivity index (χ2n) is 6.15. The number of sulfonamides is 1. The molecule has 2 N–H and O–H groups in total. The fraction of sp³-hybridized carbons (Fsp3) is 0.0500. The topological polar surface area (TPSA) is 110 Å². The molecule has 4 rings (SSSR count). The molecule has 152 valence electrons. The first kappa shape index (κ1) is 19.8. The summed E-state index contributed by atoms with van der Waals surface area (Å²) in [6.45, 7) is 0. The first-order valence-electron chi connectivity index (χ1n) is 8.74. The molecule has 4 aromatic rings. The number of hydrogen-bond donors (Lipinski definition) is 2. The number of nitrogens with zero attached hydrogens (tertiary/aromatic N) is 2. The van der Waals surface area contributed by atoms with Crippen molar-refractivity contribution in [2.45, 2.75) is 4.90 Å². The molecule has 2 aromatic carbocycles. The zero-order chi connectivity index (χ0) is 21.1. The Morgan fingerprint density at radius 1 is 1.10 bits per heavy atom. The van der Waals surface area contributed by atoms with Gasteiger partial charge in [0.1, 0.15) is 10.6 Å². The van der Waals surface area contributed by atoms with E-state index in [1.165, 1.54) is 55.1 Å². The van der Waals surface area contributed by atoms with Gasteiger partial charge in [-0.3, -0.25) is 19.8 Å². The summed E-state index contributed by atoms with van der Waals surface area (Å²) in [5, 5.41) is 3.15. The number of benzene rings is 2. The molecule has 2 heterocycles. The van der Waals surface area contributed by atoms with Crippen LogP contribution in [0.4, 0.5) is 10.8 Å². The van der Waals surface area contributed by atoms with Gasteiger partial charge in [-0.2, -0.15) is 0 Å². The van der Waals surface area contributed by atoms with Crippen LogP contribution in [0, 0.1) is 0 Å². The van der Waals surface area contributed by atoms with Gasteiger partial charge >= 0.3 is 0 Å². The maximum Gasteiger partial charge on any atom is 0.263 e. The molecule has 0 bridgehead atoms. The summed E-state index contributed by atoms with van der Waals surface area (Å²) < 4.78 is 34.0. The number of pyridine rings is 1. The van der Waals surface area contributed by atoms with Gasteiger partial charge in [-0.15, -0.1) is 0 Å². The molecule has 1 amide bonds. The quantitative estimate of drug-likeness (QED) is 0.472. The molecule has 2 aromatic heterocycles. The Morgan fingerprint density at radius 3 is 2.67 bits per heavy atom. The van der Waals surface area contributed by atoms with E-state index >= 15 is 0 Å². The summed E-state index contributed by atoms with van der Waals surface area (Å²) >= 11 is 1.33. The molecule has 0 unspecified atom stereocenters. The van der Waals surface area contributed by atoms with E-state index in [4.69, 9.17) is 4.74 Å². The van der Waals surface area contributed by atoms with E-state index in [0.29, 0.717) is 10.9 Å². The molecule has 0 fully saturated rings. The summed E-state index contributed by atoms with van der Waals surface area (Å²) in [7, 11) is -2.49. The maximum absolute atomic E-state index is 12.9. The second kappa shape index (κ2) is 8.09. The highest BCUT2D eigenvalue weighted by molar-refractivity contribution is 7.92. The minimum atomic E-state index is -3.95. The second-order valence-corrected chi connectivity index (χ2v) is 8.86. The number of aromatic nitrogens is 2. The third-order valence-corrected chi connectivity index (χ3v) is 6.48. The highest BCUT2D eigenvalue weighted by Gasteiger charge is 2.20. The summed E-state index contributed by atoms with van der Waals surface area (Å²) in [6, 6.07) is 14.9. The highest BCUT2D eigenvalue weighted by atomic mass is 32.2. The van der Waals surface area contributed by atoms with Gasteiger partial charge in [0.2, 0.25) is 0 Å². The molecule has 0 spiro atoms. The van der Waals surface area contributed by atoms with E-state index in [2.05, 4.69) is 20.0 Å². The Bertz CT molecular complexity index is 1290. The van der Waals surface area contributed by atoms with Crippen LogP contribution in [0.2, 0.25) is 0 Å². The molecule has 10 heteroatoms. The molecule has 0 aliphatic heterocycles. The number of amides is 1. The minimum absolute atomic E-state index is 0.0228. The van der Waals surface area contributed by atoms with Gasteiger partial charge in [0.05, 0.1) is 28.6 Å². The fourth-order valence-electron chi connectivity index (χ4n) is 2.73. The van der Waals surface area contributed by atoms with Crippen molar-refractivity contribution >= 4 is 48.3 Å². The predicted octanol–water partition coefficient (Wildman–Crippen LogP) is 3.75. The van der Waals surface area contributed by atoms with Crippen LogP contribution in [-0.4, -0.2) is 31.4 Å². The number of carbonyl (C=O) groups is 1. The van der Waals surface area contributed by atoms with E-state index in [9.17, 15) is 13.2 Å². The van der Waals surface area contributed by atoms with Crippen LogP contribution in [0.3, 0.4) is 0 Å². The number of anilines is 2. The van der Waals surface area contributed by atoms with Gasteiger partial charge in [0.15, 0.2) is 5.13 Å². The molecular formula is C20H16N4O4S2. The van der Waals surface area contributed by atoms with Crippen LogP contribution >= 0.6 is 11.3 Å². The molecular weight excluding hydrogens is 424 g/mol. The standard InChI is InChI=1S/C20H16N4O4S2/c1-28-13-8-9-15(17(11-13)24-30(26,27)14-5-4-10-21-12-14)19(25)23-20-22-16-6-2-3-7-18(16)29-20/h2-12,24H,1H3,(H,22,23,25). The van der Waals surface area contributed by atoms with Crippen molar-refractivity contribution in [2.75, 3.05) is 17.1 Å². The van der Waals surface area contributed by atoms with Crippen LogP contribution in [0.5, 0.6) is 5.75 Å². The largest absolute Gasteiger partial charge is 0.497 e. The number of carbonyl (C=O) groups excluding carboxylic acids is 1. The van der Waals surface area contributed by atoms with Gasteiger partial charge in [0.25, 0.3) is 15.9 Å². The molecule has 0 saturated heterocycles. The third kappa shape index (κ3) is 4.09. The third-order valence-electron chi connectivity index (χ3n) is 4.17. The number of hydrogen-bond acceptors (Lipinski definition) is 7. The zero-order valence-corrected chi connectivity index (χ0v) is 17.3. The number of rotatable bonds is 6. The first-order chi connectivity index (χ1) is 14.5. The normalized spacial score (nSPS) is 11.2. The van der Waals surface area contributed by atoms with Crippen molar-refractivity contribution in [2.24, 2.45) is 0 Å². The van der Waals surface area contributed by atoms with E-state index < -0.39 is 15.9 Å². The molecule has 0 atom stereocenters. The smallest absolute Gasteiger partial charge is 0.263 e. The number of ether oxygens (including phenoxy) is 1. The average Bonchev–Trinajstić information content (AvgIpc) is 3.16. The van der Waals surface area contributed by atoms with Crippen LogP contribution in [0.15, 0.2) is 71.9 Å². The Hall–Kier alpha value is -3.50. The molecule has 0 aliphatic carbocycles. The van der Waals surface area contributed by atoms with E-state index in [1.807, 2.05) is 24.3 Å². The van der Waals surface area contributed by atoms with Gasteiger partial charge in [-0.25, -0.2) is 13.4 Å². The van der Waals surface area contributed by atoms with Crippen molar-refractivity contribution in [3.63, 3.8) is 0 Å². The predicted molar refractivity (Wildman–Crippen MR) is 116 cm³/mol.